The molecule has 1 saturated carbocycles. The van der Waals surface area contributed by atoms with Crippen LogP contribution in [0.3, 0.4) is 0 Å². The molecule has 100 valence electrons. The van der Waals surface area contributed by atoms with Crippen LogP contribution in [0, 0.1) is 5.92 Å². The molecule has 1 aromatic rings. The Labute approximate surface area is 111 Å². The predicted octanol–water partition coefficient (Wildman–Crippen LogP) is 3.72. The Morgan fingerprint density at radius 2 is 1.78 bits per heavy atom. The molecule has 0 spiro atoms. The number of hydrogen-bond donors (Lipinski definition) is 1. The molecule has 1 fully saturated rings. The van der Waals surface area contributed by atoms with Crippen molar-refractivity contribution in [3.8, 4) is 0 Å². The summed E-state index contributed by atoms with van der Waals surface area (Å²) in [5.74, 6) is 0.773. The summed E-state index contributed by atoms with van der Waals surface area (Å²) in [5, 5.41) is 0. The van der Waals surface area contributed by atoms with Crippen molar-refractivity contribution in [2.75, 3.05) is 11.4 Å². The maximum Gasteiger partial charge on any atom is 0.0368 e. The zero-order chi connectivity index (χ0) is 13.1. The lowest BCUT2D eigenvalue weighted by Crippen LogP contribution is -2.27. The molecule has 2 heteroatoms. The van der Waals surface area contributed by atoms with Crippen LogP contribution >= 0.6 is 0 Å². The molecular formula is C16H26N2. The van der Waals surface area contributed by atoms with Crippen LogP contribution in [-0.4, -0.2) is 12.6 Å². The lowest BCUT2D eigenvalue weighted by molar-refractivity contribution is 0.570. The summed E-state index contributed by atoms with van der Waals surface area (Å²) in [7, 11) is 0. The molecule has 0 bridgehead atoms. The van der Waals surface area contributed by atoms with Gasteiger partial charge in [-0.05, 0) is 49.8 Å². The van der Waals surface area contributed by atoms with Crippen molar-refractivity contribution in [1.29, 1.82) is 0 Å². The van der Waals surface area contributed by atoms with Gasteiger partial charge in [0.1, 0.15) is 0 Å². The number of nitrogens with two attached hydrogens (primary N) is 1. The lowest BCUT2D eigenvalue weighted by atomic mass is 10.1. The van der Waals surface area contributed by atoms with E-state index in [2.05, 4.69) is 43.0 Å². The molecule has 0 heterocycles. The first-order valence-electron chi connectivity index (χ1n) is 7.20. The van der Waals surface area contributed by atoms with Crippen molar-refractivity contribution in [3.63, 3.8) is 0 Å². The highest BCUT2D eigenvalue weighted by atomic mass is 15.2. The molecule has 0 amide bonds. The van der Waals surface area contributed by atoms with Gasteiger partial charge in [-0.2, -0.15) is 0 Å². The van der Waals surface area contributed by atoms with E-state index >= 15 is 0 Å². The molecule has 18 heavy (non-hydrogen) atoms. The van der Waals surface area contributed by atoms with E-state index in [1.807, 2.05) is 6.92 Å². The van der Waals surface area contributed by atoms with E-state index < -0.39 is 0 Å². The van der Waals surface area contributed by atoms with Crippen molar-refractivity contribution >= 4 is 5.69 Å². The van der Waals surface area contributed by atoms with Crippen LogP contribution in [0.25, 0.3) is 0 Å². The first-order valence-corrected chi connectivity index (χ1v) is 7.20. The van der Waals surface area contributed by atoms with Gasteiger partial charge >= 0.3 is 0 Å². The van der Waals surface area contributed by atoms with Crippen molar-refractivity contribution in [2.24, 2.45) is 11.7 Å². The maximum absolute atomic E-state index is 5.90. The third-order valence-corrected chi connectivity index (χ3v) is 3.69. The highest BCUT2D eigenvalue weighted by molar-refractivity contribution is 5.50. The first kappa shape index (κ1) is 13.4. The number of anilines is 1. The number of hydrogen-bond acceptors (Lipinski definition) is 2. The monoisotopic (exact) mass is 246 g/mol. The maximum atomic E-state index is 5.90. The number of nitrogens with zero attached hydrogens (tertiary/aromatic N) is 1. The summed E-state index contributed by atoms with van der Waals surface area (Å²) in [6.07, 6.45) is 3.98. The molecule has 1 aliphatic rings. The summed E-state index contributed by atoms with van der Waals surface area (Å²) in [5.41, 5.74) is 8.48. The van der Waals surface area contributed by atoms with Gasteiger partial charge in [-0.25, -0.2) is 0 Å². The molecule has 1 aromatic carbocycles. The predicted molar refractivity (Wildman–Crippen MR) is 78.9 cm³/mol. The van der Waals surface area contributed by atoms with Crippen LogP contribution in [0.5, 0.6) is 0 Å². The van der Waals surface area contributed by atoms with Gasteiger partial charge in [0.2, 0.25) is 0 Å². The average molecular weight is 246 g/mol. The molecule has 0 aromatic heterocycles. The Kier molecular flexibility index (Phi) is 4.28. The quantitative estimate of drug-likeness (QED) is 0.829. The molecule has 1 unspecified atom stereocenters. The average Bonchev–Trinajstić information content (AvgIpc) is 3.14. The van der Waals surface area contributed by atoms with E-state index in [1.165, 1.54) is 37.1 Å². The molecule has 0 saturated heterocycles. The minimum Gasteiger partial charge on any atom is -0.369 e. The highest BCUT2D eigenvalue weighted by Gasteiger charge is 2.28. The van der Waals surface area contributed by atoms with Gasteiger partial charge in [-0.1, -0.05) is 26.0 Å². The fourth-order valence-corrected chi connectivity index (χ4v) is 2.28. The van der Waals surface area contributed by atoms with E-state index in [0.717, 1.165) is 12.0 Å². The highest BCUT2D eigenvalue weighted by Crippen LogP contribution is 2.32. The Balaban J connectivity index is 2.05. The second-order valence-electron chi connectivity index (χ2n) is 5.99. The van der Waals surface area contributed by atoms with Gasteiger partial charge in [0.15, 0.2) is 0 Å². The van der Waals surface area contributed by atoms with Crippen LogP contribution < -0.4 is 10.6 Å². The first-order chi connectivity index (χ1) is 8.58. The zero-order valence-corrected chi connectivity index (χ0v) is 11.9. The molecule has 2 N–H and O–H groups in total. The fraction of sp³-hybridized carbons (Fsp3) is 0.625. The second-order valence-corrected chi connectivity index (χ2v) is 5.99. The van der Waals surface area contributed by atoms with Crippen LogP contribution in [0.2, 0.25) is 0 Å². The van der Waals surface area contributed by atoms with Gasteiger partial charge in [-0.3, -0.25) is 0 Å². The Morgan fingerprint density at radius 3 is 2.22 bits per heavy atom. The van der Waals surface area contributed by atoms with Crippen molar-refractivity contribution in [1.82, 2.24) is 0 Å². The summed E-state index contributed by atoms with van der Waals surface area (Å²) in [6, 6.07) is 9.72. The Morgan fingerprint density at radius 1 is 1.17 bits per heavy atom. The zero-order valence-electron chi connectivity index (χ0n) is 11.9. The van der Waals surface area contributed by atoms with E-state index in [1.54, 1.807) is 0 Å². The minimum atomic E-state index is 0.129. The smallest absolute Gasteiger partial charge is 0.0368 e. The van der Waals surface area contributed by atoms with Gasteiger partial charge in [0.25, 0.3) is 0 Å². The topological polar surface area (TPSA) is 29.3 Å². The van der Waals surface area contributed by atoms with Crippen molar-refractivity contribution in [3.05, 3.63) is 29.8 Å². The van der Waals surface area contributed by atoms with Crippen LogP contribution in [-0.2, 0) is 0 Å². The van der Waals surface area contributed by atoms with Crippen LogP contribution in [0.4, 0.5) is 5.69 Å². The summed E-state index contributed by atoms with van der Waals surface area (Å²) < 4.78 is 0. The van der Waals surface area contributed by atoms with E-state index in [0.29, 0.717) is 0 Å². The van der Waals surface area contributed by atoms with Crippen molar-refractivity contribution in [2.45, 2.75) is 52.1 Å². The third-order valence-electron chi connectivity index (χ3n) is 3.69. The number of rotatable bonds is 6. The van der Waals surface area contributed by atoms with E-state index in [-0.39, 0.29) is 6.04 Å². The third kappa shape index (κ3) is 3.49. The molecular weight excluding hydrogens is 220 g/mol. The van der Waals surface area contributed by atoms with Crippen molar-refractivity contribution < 1.29 is 0 Å². The standard InChI is InChI=1S/C16H26N2/c1-12(2)10-11-18(16-8-9-16)15-6-4-14(5-7-15)13(3)17/h4-7,12-13,16H,8-11,17H2,1-3H3. The van der Waals surface area contributed by atoms with Gasteiger partial charge in [0, 0.05) is 24.3 Å². The second kappa shape index (κ2) is 5.75. The normalized spacial score (nSPS) is 16.9. The lowest BCUT2D eigenvalue weighted by Gasteiger charge is -2.26. The van der Waals surface area contributed by atoms with E-state index in [9.17, 15) is 0 Å². The number of benzene rings is 1. The van der Waals surface area contributed by atoms with Gasteiger partial charge in [-0.15, -0.1) is 0 Å². The van der Waals surface area contributed by atoms with Crippen LogP contribution in [0.1, 0.15) is 51.6 Å². The largest absolute Gasteiger partial charge is 0.369 e. The summed E-state index contributed by atoms with van der Waals surface area (Å²) in [4.78, 5) is 2.57. The Bertz CT molecular complexity index is 363. The molecule has 2 nitrogen and oxygen atoms in total. The molecule has 0 aliphatic heterocycles. The Hall–Kier alpha value is -1.02. The molecule has 1 atom stereocenters. The molecule has 2 rings (SSSR count). The molecule has 1 aliphatic carbocycles. The van der Waals surface area contributed by atoms with Gasteiger partial charge < -0.3 is 10.6 Å². The SMILES string of the molecule is CC(C)CCN(c1ccc(C(C)N)cc1)C1CC1. The molecule has 0 radical (unpaired) electrons. The summed E-state index contributed by atoms with van der Waals surface area (Å²) in [6.45, 7) is 7.81. The van der Waals surface area contributed by atoms with Gasteiger partial charge in [0.05, 0.1) is 0 Å². The summed E-state index contributed by atoms with van der Waals surface area (Å²) >= 11 is 0. The van der Waals surface area contributed by atoms with E-state index in [4.69, 9.17) is 5.73 Å². The van der Waals surface area contributed by atoms with Crippen LogP contribution in [0.15, 0.2) is 24.3 Å². The fourth-order valence-electron chi connectivity index (χ4n) is 2.28. The minimum absolute atomic E-state index is 0.129.